The van der Waals surface area contributed by atoms with Crippen molar-refractivity contribution in [2.75, 3.05) is 19.3 Å². The van der Waals surface area contributed by atoms with Gasteiger partial charge in [-0.25, -0.2) is 17.2 Å². The number of amides is 1. The summed E-state index contributed by atoms with van der Waals surface area (Å²) >= 11 is 0. The van der Waals surface area contributed by atoms with Crippen LogP contribution < -0.4 is 0 Å². The van der Waals surface area contributed by atoms with Crippen molar-refractivity contribution >= 4 is 15.9 Å². The lowest BCUT2D eigenvalue weighted by atomic mass is 9.99. The summed E-state index contributed by atoms with van der Waals surface area (Å²) in [5.74, 6) is -1.82. The largest absolute Gasteiger partial charge is 0.348 e. The normalized spacial score (nSPS) is 19.7. The van der Waals surface area contributed by atoms with Gasteiger partial charge in [-0.15, -0.1) is 0 Å². The Morgan fingerprint density at radius 3 is 2.61 bits per heavy atom. The Morgan fingerprint density at radius 1 is 1.21 bits per heavy atom. The topological polar surface area (TPSA) is 62.6 Å². The Bertz CT molecular complexity index is 1020. The van der Waals surface area contributed by atoms with Crippen LogP contribution in [0.1, 0.15) is 30.1 Å². The second-order valence-corrected chi connectivity index (χ2v) is 9.26. The van der Waals surface area contributed by atoms with Crippen LogP contribution in [0.5, 0.6) is 0 Å². The number of sulfonamides is 1. The zero-order chi connectivity index (χ0) is 20.1. The molecule has 9 heteroatoms. The van der Waals surface area contributed by atoms with Crippen molar-refractivity contribution < 1.29 is 22.0 Å². The maximum absolute atomic E-state index is 14.6. The van der Waals surface area contributed by atoms with Gasteiger partial charge < -0.3 is 9.47 Å². The van der Waals surface area contributed by atoms with Crippen LogP contribution in [0, 0.1) is 11.6 Å². The molecule has 1 atom stereocenters. The van der Waals surface area contributed by atoms with E-state index in [4.69, 9.17) is 0 Å². The number of fused-ring (bicyclic) bond motifs is 1. The van der Waals surface area contributed by atoms with Crippen LogP contribution in [-0.4, -0.2) is 53.5 Å². The van der Waals surface area contributed by atoms with Crippen LogP contribution in [-0.2, 0) is 21.4 Å². The van der Waals surface area contributed by atoms with E-state index in [0.29, 0.717) is 18.8 Å². The number of nitrogens with zero attached hydrogens (tertiary/aromatic N) is 3. The molecule has 1 aromatic heterocycles. The fraction of sp³-hybridized carbons (Fsp3) is 0.421. The highest BCUT2D eigenvalue weighted by molar-refractivity contribution is 7.88. The molecular formula is C19H21F2N3O3S. The Balaban J connectivity index is 1.69. The number of carbonyl (C=O) groups excluding carboxylic acids is 1. The van der Waals surface area contributed by atoms with Crippen LogP contribution >= 0.6 is 0 Å². The van der Waals surface area contributed by atoms with Crippen LogP contribution in [0.3, 0.4) is 0 Å². The van der Waals surface area contributed by atoms with E-state index in [1.807, 2.05) is 16.8 Å². The zero-order valence-electron chi connectivity index (χ0n) is 15.4. The molecule has 4 rings (SSSR count). The number of hydrogen-bond donors (Lipinski definition) is 0. The number of carbonyl (C=O) groups is 1. The predicted octanol–water partition coefficient (Wildman–Crippen LogP) is 2.12. The maximum Gasteiger partial charge on any atom is 0.238 e. The molecule has 6 nitrogen and oxygen atoms in total. The van der Waals surface area contributed by atoms with Gasteiger partial charge in [-0.3, -0.25) is 4.79 Å². The lowest BCUT2D eigenvalue weighted by Gasteiger charge is -2.38. The molecule has 1 aliphatic carbocycles. The van der Waals surface area contributed by atoms with Gasteiger partial charge in [0.25, 0.3) is 0 Å². The average molecular weight is 409 g/mol. The first kappa shape index (κ1) is 19.1. The highest BCUT2D eigenvalue weighted by Crippen LogP contribution is 2.35. The van der Waals surface area contributed by atoms with Crippen LogP contribution in [0.4, 0.5) is 8.78 Å². The predicted molar refractivity (Wildman–Crippen MR) is 98.9 cm³/mol. The highest BCUT2D eigenvalue weighted by Gasteiger charge is 2.40. The molecule has 2 heterocycles. The van der Waals surface area contributed by atoms with Gasteiger partial charge in [-0.1, -0.05) is 6.07 Å². The molecule has 1 fully saturated rings. The summed E-state index contributed by atoms with van der Waals surface area (Å²) in [6.07, 6.45) is 4.41. The molecule has 0 radical (unpaired) electrons. The summed E-state index contributed by atoms with van der Waals surface area (Å²) < 4.78 is 55.3. The van der Waals surface area contributed by atoms with Gasteiger partial charge in [-0.2, -0.15) is 4.31 Å². The molecule has 0 N–H and O–H groups in total. The molecule has 1 aromatic carbocycles. The molecule has 1 amide bonds. The molecule has 0 saturated heterocycles. The van der Waals surface area contributed by atoms with Gasteiger partial charge in [0.15, 0.2) is 0 Å². The van der Waals surface area contributed by atoms with E-state index >= 15 is 0 Å². The third kappa shape index (κ3) is 3.56. The second kappa shape index (κ2) is 6.97. The second-order valence-electron chi connectivity index (χ2n) is 7.32. The molecule has 1 saturated carbocycles. The lowest BCUT2D eigenvalue weighted by molar-refractivity contribution is -0.134. The monoisotopic (exact) mass is 409 g/mol. The fourth-order valence-electron chi connectivity index (χ4n) is 3.81. The molecule has 28 heavy (non-hydrogen) atoms. The van der Waals surface area contributed by atoms with E-state index < -0.39 is 33.6 Å². The van der Waals surface area contributed by atoms with E-state index in [1.165, 1.54) is 15.3 Å². The third-order valence-electron chi connectivity index (χ3n) is 5.29. The minimum absolute atomic E-state index is 0.145. The van der Waals surface area contributed by atoms with Crippen molar-refractivity contribution in [3.8, 4) is 0 Å². The van der Waals surface area contributed by atoms with Crippen molar-refractivity contribution in [3.05, 3.63) is 59.4 Å². The third-order valence-corrected chi connectivity index (χ3v) is 6.57. The van der Waals surface area contributed by atoms with Gasteiger partial charge in [-0.05, 0) is 31.0 Å². The van der Waals surface area contributed by atoms with E-state index in [0.717, 1.165) is 31.2 Å². The van der Waals surface area contributed by atoms with Crippen molar-refractivity contribution in [1.29, 1.82) is 0 Å². The Kier molecular flexibility index (Phi) is 4.75. The number of halogens is 2. The van der Waals surface area contributed by atoms with Gasteiger partial charge >= 0.3 is 0 Å². The number of benzene rings is 1. The minimum atomic E-state index is -3.52. The maximum atomic E-state index is 14.6. The van der Waals surface area contributed by atoms with Crippen LogP contribution in [0.15, 0.2) is 36.5 Å². The molecule has 0 spiro atoms. The Hall–Kier alpha value is -2.26. The molecule has 1 aliphatic heterocycles. The summed E-state index contributed by atoms with van der Waals surface area (Å²) in [6.45, 7) is 0.559. The number of aromatic nitrogens is 1. The van der Waals surface area contributed by atoms with Gasteiger partial charge in [0.1, 0.15) is 17.7 Å². The zero-order valence-corrected chi connectivity index (χ0v) is 16.2. The minimum Gasteiger partial charge on any atom is -0.348 e. The Labute approximate surface area is 162 Å². The SMILES string of the molecule is CS(=O)(=O)N(CC(=O)N1CCn2cccc2C1c1ccc(F)cc1F)C1CC1. The van der Waals surface area contributed by atoms with Crippen molar-refractivity contribution in [3.63, 3.8) is 0 Å². The van der Waals surface area contributed by atoms with Gasteiger partial charge in [0, 0.05) is 42.7 Å². The summed E-state index contributed by atoms with van der Waals surface area (Å²) in [4.78, 5) is 14.6. The van der Waals surface area contributed by atoms with Crippen LogP contribution in [0.2, 0.25) is 0 Å². The fourth-order valence-corrected chi connectivity index (χ4v) is 4.90. The Morgan fingerprint density at radius 2 is 1.96 bits per heavy atom. The highest BCUT2D eigenvalue weighted by atomic mass is 32.2. The summed E-state index contributed by atoms with van der Waals surface area (Å²) in [5, 5.41) is 0. The van der Waals surface area contributed by atoms with Crippen molar-refractivity contribution in [2.24, 2.45) is 0 Å². The first-order chi connectivity index (χ1) is 13.3. The summed E-state index contributed by atoms with van der Waals surface area (Å²) in [5.41, 5.74) is 0.897. The average Bonchev–Trinajstić information content (AvgIpc) is 3.33. The van der Waals surface area contributed by atoms with Crippen molar-refractivity contribution in [2.45, 2.75) is 31.5 Å². The summed E-state index contributed by atoms with van der Waals surface area (Å²) in [6, 6.07) is 6.02. The first-order valence-electron chi connectivity index (χ1n) is 9.12. The van der Waals surface area contributed by atoms with Gasteiger partial charge in [0.2, 0.25) is 15.9 Å². The standard InChI is InChI=1S/C19H21F2N3O3S/c1-28(26,27)24(14-5-6-14)12-18(25)23-10-9-22-8-2-3-17(22)19(23)15-7-4-13(20)11-16(15)21/h2-4,7-8,11,14,19H,5-6,9-10,12H2,1H3. The first-order valence-corrected chi connectivity index (χ1v) is 11.0. The number of hydrogen-bond acceptors (Lipinski definition) is 3. The molecule has 150 valence electrons. The molecular weight excluding hydrogens is 388 g/mol. The van der Waals surface area contributed by atoms with Crippen LogP contribution in [0.25, 0.3) is 0 Å². The molecule has 2 aliphatic rings. The van der Waals surface area contributed by atoms with E-state index in [9.17, 15) is 22.0 Å². The van der Waals surface area contributed by atoms with E-state index in [1.54, 1.807) is 6.07 Å². The van der Waals surface area contributed by atoms with E-state index in [-0.39, 0.29) is 18.2 Å². The van der Waals surface area contributed by atoms with Gasteiger partial charge in [0.05, 0.1) is 12.8 Å². The van der Waals surface area contributed by atoms with E-state index in [2.05, 4.69) is 0 Å². The summed E-state index contributed by atoms with van der Waals surface area (Å²) in [7, 11) is -3.52. The number of rotatable bonds is 5. The quantitative estimate of drug-likeness (QED) is 0.760. The smallest absolute Gasteiger partial charge is 0.238 e. The molecule has 0 bridgehead atoms. The lowest BCUT2D eigenvalue weighted by Crippen LogP contribution is -2.48. The molecule has 2 aromatic rings. The molecule has 1 unspecified atom stereocenters. The van der Waals surface area contributed by atoms with Crippen molar-refractivity contribution in [1.82, 2.24) is 13.8 Å².